The number of aryl methyl sites for hydroxylation is 1. The smallest absolute Gasteiger partial charge is 0.240 e. The van der Waals surface area contributed by atoms with Crippen molar-refractivity contribution in [1.29, 1.82) is 0 Å². The van der Waals surface area contributed by atoms with Crippen LogP contribution in [-0.2, 0) is 23.1 Å². The van der Waals surface area contributed by atoms with Crippen LogP contribution in [0.15, 0.2) is 62.8 Å². The molecule has 8 heteroatoms. The average molecular weight is 427 g/mol. The molecule has 7 nitrogen and oxygen atoms in total. The molecule has 1 heterocycles. The van der Waals surface area contributed by atoms with Gasteiger partial charge >= 0.3 is 0 Å². The van der Waals surface area contributed by atoms with Crippen LogP contribution in [0.25, 0.3) is 11.0 Å². The van der Waals surface area contributed by atoms with Gasteiger partial charge in [0.05, 0.1) is 11.4 Å². The minimum atomic E-state index is -3.42. The first-order chi connectivity index (χ1) is 14.5. The summed E-state index contributed by atoms with van der Waals surface area (Å²) in [6, 6.07) is 15.0. The van der Waals surface area contributed by atoms with Gasteiger partial charge in [0, 0.05) is 30.6 Å². The van der Waals surface area contributed by atoms with Gasteiger partial charge in [0.1, 0.15) is 11.3 Å². The van der Waals surface area contributed by atoms with Crippen LogP contribution in [0.5, 0.6) is 0 Å². The Kier molecular flexibility index (Phi) is 5.78. The minimum Gasteiger partial charge on any atom is -0.459 e. The van der Waals surface area contributed by atoms with Gasteiger partial charge in [-0.3, -0.25) is 4.99 Å². The Balaban J connectivity index is 1.33. The average Bonchev–Trinajstić information content (AvgIpc) is 3.50. The highest BCUT2D eigenvalue weighted by molar-refractivity contribution is 7.89. The van der Waals surface area contributed by atoms with Crippen LogP contribution in [0.4, 0.5) is 0 Å². The van der Waals surface area contributed by atoms with Gasteiger partial charge in [-0.15, -0.1) is 0 Å². The number of rotatable bonds is 7. The van der Waals surface area contributed by atoms with Crippen molar-refractivity contribution in [2.45, 2.75) is 43.8 Å². The summed E-state index contributed by atoms with van der Waals surface area (Å²) in [6.07, 6.45) is 1.84. The van der Waals surface area contributed by atoms with E-state index in [0.717, 1.165) is 40.7 Å². The van der Waals surface area contributed by atoms with Crippen molar-refractivity contribution >= 4 is 27.0 Å². The van der Waals surface area contributed by atoms with Gasteiger partial charge < -0.3 is 15.1 Å². The molecule has 1 saturated carbocycles. The Morgan fingerprint density at radius 2 is 1.77 bits per heavy atom. The summed E-state index contributed by atoms with van der Waals surface area (Å²) in [5.41, 5.74) is 2.95. The second-order valence-electron chi connectivity index (χ2n) is 7.47. The fourth-order valence-electron chi connectivity index (χ4n) is 3.24. The molecule has 0 unspecified atom stereocenters. The van der Waals surface area contributed by atoms with Crippen molar-refractivity contribution < 1.29 is 12.8 Å². The third kappa shape index (κ3) is 4.66. The van der Waals surface area contributed by atoms with E-state index in [-0.39, 0.29) is 6.04 Å². The molecule has 1 aromatic heterocycles. The molecule has 0 atom stereocenters. The van der Waals surface area contributed by atoms with E-state index in [2.05, 4.69) is 26.4 Å². The van der Waals surface area contributed by atoms with Gasteiger partial charge in [0.15, 0.2) is 5.96 Å². The van der Waals surface area contributed by atoms with E-state index in [1.54, 1.807) is 19.2 Å². The maximum Gasteiger partial charge on any atom is 0.240 e. The maximum atomic E-state index is 12.3. The number of furan rings is 1. The molecule has 0 spiro atoms. The van der Waals surface area contributed by atoms with Gasteiger partial charge in [-0.1, -0.05) is 30.3 Å². The molecule has 3 aromatic rings. The van der Waals surface area contributed by atoms with Crippen molar-refractivity contribution in [3.63, 3.8) is 0 Å². The molecule has 1 fully saturated rings. The normalized spacial score (nSPS) is 14.8. The Bertz CT molecular complexity index is 1160. The maximum absolute atomic E-state index is 12.3. The number of hydrogen-bond acceptors (Lipinski definition) is 4. The summed E-state index contributed by atoms with van der Waals surface area (Å²) in [7, 11) is -1.71. The first-order valence-corrected chi connectivity index (χ1v) is 11.5. The molecule has 0 aliphatic heterocycles. The van der Waals surface area contributed by atoms with Crippen LogP contribution in [-0.4, -0.2) is 27.5 Å². The van der Waals surface area contributed by atoms with Crippen molar-refractivity contribution in [2.24, 2.45) is 4.99 Å². The van der Waals surface area contributed by atoms with Crippen LogP contribution >= 0.6 is 0 Å². The first-order valence-electron chi connectivity index (χ1n) is 9.99. The number of hydrogen-bond donors (Lipinski definition) is 3. The Labute approximate surface area is 176 Å². The summed E-state index contributed by atoms with van der Waals surface area (Å²) in [5, 5.41) is 7.62. The zero-order valence-corrected chi connectivity index (χ0v) is 17.9. The number of para-hydroxylation sites is 1. The number of benzene rings is 2. The van der Waals surface area contributed by atoms with Gasteiger partial charge in [-0.25, -0.2) is 13.1 Å². The zero-order valence-electron chi connectivity index (χ0n) is 17.1. The topological polar surface area (TPSA) is 95.7 Å². The molecule has 0 saturated heterocycles. The number of fused-ring (bicyclic) bond motifs is 1. The Hall–Kier alpha value is -2.84. The predicted molar refractivity (Wildman–Crippen MR) is 118 cm³/mol. The monoisotopic (exact) mass is 426 g/mol. The molecular weight excluding hydrogens is 400 g/mol. The molecule has 2 aromatic carbocycles. The summed E-state index contributed by atoms with van der Waals surface area (Å²) in [4.78, 5) is 4.54. The second-order valence-corrected chi connectivity index (χ2v) is 9.18. The Morgan fingerprint density at radius 3 is 2.43 bits per heavy atom. The molecule has 30 heavy (non-hydrogen) atoms. The lowest BCUT2D eigenvalue weighted by Crippen LogP contribution is -2.36. The summed E-state index contributed by atoms with van der Waals surface area (Å²) in [5.74, 6) is 1.51. The third-order valence-electron chi connectivity index (χ3n) is 5.18. The second kappa shape index (κ2) is 8.49. The van der Waals surface area contributed by atoms with E-state index in [9.17, 15) is 8.42 Å². The van der Waals surface area contributed by atoms with E-state index >= 15 is 0 Å². The van der Waals surface area contributed by atoms with E-state index in [0.29, 0.717) is 23.9 Å². The number of nitrogens with one attached hydrogen (secondary N) is 3. The zero-order chi connectivity index (χ0) is 21.1. The van der Waals surface area contributed by atoms with Crippen molar-refractivity contribution in [3.05, 3.63) is 65.4 Å². The lowest BCUT2D eigenvalue weighted by atomic mass is 10.1. The fraction of sp³-hybridized carbons (Fsp3) is 0.318. The number of nitrogens with zero attached hydrogens (tertiary/aromatic N) is 1. The lowest BCUT2D eigenvalue weighted by Gasteiger charge is -2.12. The first kappa shape index (κ1) is 20.4. The molecule has 3 N–H and O–H groups in total. The van der Waals surface area contributed by atoms with Crippen LogP contribution < -0.4 is 15.4 Å². The highest BCUT2D eigenvalue weighted by Crippen LogP contribution is 2.24. The lowest BCUT2D eigenvalue weighted by molar-refractivity contribution is 0.534. The van der Waals surface area contributed by atoms with Gasteiger partial charge in [0.2, 0.25) is 10.0 Å². The molecule has 0 amide bonds. The summed E-state index contributed by atoms with van der Waals surface area (Å²) >= 11 is 0. The Morgan fingerprint density at radius 1 is 1.07 bits per heavy atom. The summed E-state index contributed by atoms with van der Waals surface area (Å²) in [6.45, 7) is 3.09. The van der Waals surface area contributed by atoms with E-state index in [4.69, 9.17) is 4.42 Å². The fourth-order valence-corrected chi connectivity index (χ4v) is 4.54. The number of guanidine groups is 1. The predicted octanol–water partition coefficient (Wildman–Crippen LogP) is 3.05. The van der Waals surface area contributed by atoms with Crippen LogP contribution in [0.1, 0.15) is 29.7 Å². The largest absolute Gasteiger partial charge is 0.459 e. The van der Waals surface area contributed by atoms with E-state index in [1.165, 1.54) is 0 Å². The molecule has 158 valence electrons. The van der Waals surface area contributed by atoms with Crippen LogP contribution in [0.3, 0.4) is 0 Å². The van der Waals surface area contributed by atoms with E-state index in [1.807, 2.05) is 37.3 Å². The third-order valence-corrected chi connectivity index (χ3v) is 6.71. The minimum absolute atomic E-state index is 0.0983. The van der Waals surface area contributed by atoms with Gasteiger partial charge in [-0.05, 0) is 43.5 Å². The molecule has 4 rings (SSSR count). The highest BCUT2D eigenvalue weighted by Gasteiger charge is 2.27. The SMILES string of the molecule is CN=C(NCc1ccc(S(=O)(=O)NC2CC2)cc1)NCc1oc2ccccc2c1C. The summed E-state index contributed by atoms with van der Waals surface area (Å²) < 4.78 is 33.1. The molecule has 1 aliphatic rings. The van der Waals surface area contributed by atoms with Crippen molar-refractivity contribution in [2.75, 3.05) is 7.05 Å². The van der Waals surface area contributed by atoms with Crippen LogP contribution in [0.2, 0.25) is 0 Å². The van der Waals surface area contributed by atoms with Crippen LogP contribution in [0, 0.1) is 6.92 Å². The van der Waals surface area contributed by atoms with Gasteiger partial charge in [-0.2, -0.15) is 0 Å². The van der Waals surface area contributed by atoms with Crippen molar-refractivity contribution in [3.8, 4) is 0 Å². The molecule has 0 radical (unpaired) electrons. The van der Waals surface area contributed by atoms with Gasteiger partial charge in [0.25, 0.3) is 0 Å². The standard InChI is InChI=1S/C22H26N4O3S/c1-15-19-5-3-4-6-20(19)29-21(15)14-25-22(23-2)24-13-16-7-11-18(12-8-16)30(27,28)26-17-9-10-17/h3-8,11-12,17,26H,9-10,13-14H2,1-2H3,(H2,23,24,25). The van der Waals surface area contributed by atoms with Crippen molar-refractivity contribution in [1.82, 2.24) is 15.4 Å². The van der Waals surface area contributed by atoms with E-state index < -0.39 is 10.0 Å². The number of sulfonamides is 1. The quantitative estimate of drug-likeness (QED) is 0.399. The number of aliphatic imine (C=N–C) groups is 1. The molecule has 1 aliphatic carbocycles. The highest BCUT2D eigenvalue weighted by atomic mass is 32.2. The molecule has 0 bridgehead atoms. The molecular formula is C22H26N4O3S.